The summed E-state index contributed by atoms with van der Waals surface area (Å²) in [5.74, 6) is 0.450. The lowest BCUT2D eigenvalue weighted by atomic mass is 9.69. The SMILES string of the molecule is C=C(SC(=O)c1ccc(C(CC(C)(C)C)C(C)(C)C)cc1)Sc1ccccc1C. The van der Waals surface area contributed by atoms with Gasteiger partial charge in [-0.25, -0.2) is 0 Å². The number of rotatable bonds is 6. The van der Waals surface area contributed by atoms with E-state index in [4.69, 9.17) is 0 Å². The zero-order valence-corrected chi connectivity index (χ0v) is 20.5. The molecule has 1 atom stereocenters. The van der Waals surface area contributed by atoms with Gasteiger partial charge in [-0.1, -0.05) is 102 Å². The normalized spacial score (nSPS) is 13.2. The van der Waals surface area contributed by atoms with Gasteiger partial charge in [-0.3, -0.25) is 4.79 Å². The number of carbonyl (C=O) groups excluding carboxylic acids is 1. The second-order valence-electron chi connectivity index (χ2n) is 9.93. The summed E-state index contributed by atoms with van der Waals surface area (Å²) in [6.07, 6.45) is 1.11. The molecule has 29 heavy (non-hydrogen) atoms. The highest BCUT2D eigenvalue weighted by molar-refractivity contribution is 8.29. The lowest BCUT2D eigenvalue weighted by molar-refractivity contribution is 0.108. The maximum absolute atomic E-state index is 12.7. The van der Waals surface area contributed by atoms with Gasteiger partial charge in [0.15, 0.2) is 0 Å². The predicted molar refractivity (Wildman–Crippen MR) is 131 cm³/mol. The van der Waals surface area contributed by atoms with Gasteiger partial charge >= 0.3 is 0 Å². The first kappa shape index (κ1) is 23.8. The van der Waals surface area contributed by atoms with Gasteiger partial charge in [-0.15, -0.1) is 0 Å². The monoisotopic (exact) mass is 426 g/mol. The lowest BCUT2D eigenvalue weighted by Crippen LogP contribution is -2.23. The van der Waals surface area contributed by atoms with Crippen molar-refractivity contribution in [2.24, 2.45) is 10.8 Å². The van der Waals surface area contributed by atoms with Crippen molar-refractivity contribution >= 4 is 28.6 Å². The summed E-state index contributed by atoms with van der Waals surface area (Å²) in [5, 5.41) is 0.0470. The molecular formula is C26H34OS2. The van der Waals surface area contributed by atoms with Gasteiger partial charge in [-0.05, 0) is 59.0 Å². The van der Waals surface area contributed by atoms with Crippen molar-refractivity contribution in [3.63, 3.8) is 0 Å². The van der Waals surface area contributed by atoms with Crippen LogP contribution in [0.5, 0.6) is 0 Å². The number of aryl methyl sites for hydroxylation is 1. The van der Waals surface area contributed by atoms with Crippen LogP contribution < -0.4 is 0 Å². The second kappa shape index (κ2) is 9.57. The molecule has 0 aliphatic heterocycles. The van der Waals surface area contributed by atoms with Crippen molar-refractivity contribution in [1.82, 2.24) is 0 Å². The molecule has 0 radical (unpaired) electrons. The summed E-state index contributed by atoms with van der Waals surface area (Å²) in [6.45, 7) is 19.9. The van der Waals surface area contributed by atoms with E-state index in [2.05, 4.69) is 79.3 Å². The lowest BCUT2D eigenvalue weighted by Gasteiger charge is -2.36. The molecule has 0 aliphatic carbocycles. The van der Waals surface area contributed by atoms with E-state index in [1.54, 1.807) is 11.8 Å². The number of carbonyl (C=O) groups is 1. The third-order valence-electron chi connectivity index (χ3n) is 4.93. The highest BCUT2D eigenvalue weighted by Crippen LogP contribution is 2.43. The van der Waals surface area contributed by atoms with Gasteiger partial charge in [0.25, 0.3) is 0 Å². The van der Waals surface area contributed by atoms with Gasteiger partial charge < -0.3 is 0 Å². The van der Waals surface area contributed by atoms with Crippen molar-refractivity contribution in [2.45, 2.75) is 65.7 Å². The van der Waals surface area contributed by atoms with E-state index < -0.39 is 0 Å². The Labute approximate surface area is 185 Å². The minimum Gasteiger partial charge on any atom is -0.281 e. The number of hydrogen-bond donors (Lipinski definition) is 0. The van der Waals surface area contributed by atoms with Crippen LogP contribution >= 0.6 is 23.5 Å². The Bertz CT molecular complexity index is 852. The molecule has 1 nitrogen and oxygen atoms in total. The maximum atomic E-state index is 12.7. The average molecular weight is 427 g/mol. The third kappa shape index (κ3) is 7.38. The molecule has 2 aromatic rings. The number of hydrogen-bond acceptors (Lipinski definition) is 3. The Morgan fingerprint density at radius 1 is 0.966 bits per heavy atom. The Morgan fingerprint density at radius 3 is 2.07 bits per heavy atom. The molecule has 1 unspecified atom stereocenters. The van der Waals surface area contributed by atoms with Crippen LogP contribution in [-0.4, -0.2) is 5.12 Å². The maximum Gasteiger partial charge on any atom is 0.224 e. The summed E-state index contributed by atoms with van der Waals surface area (Å²) in [7, 11) is 0. The first-order chi connectivity index (χ1) is 13.4. The van der Waals surface area contributed by atoms with E-state index >= 15 is 0 Å². The van der Waals surface area contributed by atoms with Crippen LogP contribution in [-0.2, 0) is 0 Å². The molecule has 0 amide bonds. The van der Waals surface area contributed by atoms with Crippen LogP contribution in [0.2, 0.25) is 0 Å². The molecule has 156 valence electrons. The zero-order valence-electron chi connectivity index (χ0n) is 18.8. The molecule has 0 spiro atoms. The number of benzene rings is 2. The molecule has 3 heteroatoms. The minimum absolute atomic E-state index is 0.0470. The largest absolute Gasteiger partial charge is 0.281 e. The summed E-state index contributed by atoms with van der Waals surface area (Å²) >= 11 is 2.77. The molecular weight excluding hydrogens is 392 g/mol. The van der Waals surface area contributed by atoms with Gasteiger partial charge in [0, 0.05) is 14.7 Å². The van der Waals surface area contributed by atoms with Crippen LogP contribution in [0.4, 0.5) is 0 Å². The van der Waals surface area contributed by atoms with E-state index in [0.717, 1.165) is 21.1 Å². The van der Waals surface area contributed by atoms with Crippen molar-refractivity contribution in [2.75, 3.05) is 0 Å². The zero-order chi connectivity index (χ0) is 21.8. The molecule has 2 rings (SSSR count). The van der Waals surface area contributed by atoms with Crippen LogP contribution in [0, 0.1) is 17.8 Å². The van der Waals surface area contributed by atoms with Crippen LogP contribution in [0.3, 0.4) is 0 Å². The molecule has 0 aromatic heterocycles. The van der Waals surface area contributed by atoms with Crippen molar-refractivity contribution < 1.29 is 4.79 Å². The van der Waals surface area contributed by atoms with Crippen molar-refractivity contribution in [1.29, 1.82) is 0 Å². The molecule has 0 aliphatic rings. The standard InChI is InChI=1S/C26H34OS2/c1-18-11-9-10-12-23(18)28-19(2)29-24(27)21-15-13-20(14-16-21)22(26(6,7)8)17-25(3,4)5/h9-16,22H,2,17H2,1,3-8H3. The first-order valence-corrected chi connectivity index (χ1v) is 11.7. The van der Waals surface area contributed by atoms with Gasteiger partial charge in [0.1, 0.15) is 0 Å². The van der Waals surface area contributed by atoms with Crippen LogP contribution in [0.25, 0.3) is 0 Å². The quantitative estimate of drug-likeness (QED) is 0.430. The Hall–Kier alpha value is -1.45. The summed E-state index contributed by atoms with van der Waals surface area (Å²) in [4.78, 5) is 13.9. The molecule has 0 bridgehead atoms. The number of thioether (sulfide) groups is 2. The van der Waals surface area contributed by atoms with Crippen molar-refractivity contribution in [3.8, 4) is 0 Å². The fourth-order valence-corrected chi connectivity index (χ4v) is 5.11. The molecule has 0 fully saturated rings. The average Bonchev–Trinajstić information content (AvgIpc) is 2.60. The Morgan fingerprint density at radius 2 is 1.55 bits per heavy atom. The third-order valence-corrected chi connectivity index (χ3v) is 6.99. The molecule has 0 saturated carbocycles. The van der Waals surface area contributed by atoms with Crippen LogP contribution in [0.15, 0.2) is 64.2 Å². The van der Waals surface area contributed by atoms with E-state index in [1.165, 1.54) is 22.9 Å². The summed E-state index contributed by atoms with van der Waals surface area (Å²) < 4.78 is 0.800. The predicted octanol–water partition coefficient (Wildman–Crippen LogP) is 8.70. The topological polar surface area (TPSA) is 17.1 Å². The fourth-order valence-electron chi connectivity index (χ4n) is 3.36. The van der Waals surface area contributed by atoms with Gasteiger partial charge in [0.2, 0.25) is 5.12 Å². The molecule has 0 heterocycles. The smallest absolute Gasteiger partial charge is 0.224 e. The van der Waals surface area contributed by atoms with E-state index in [-0.39, 0.29) is 15.9 Å². The van der Waals surface area contributed by atoms with E-state index in [9.17, 15) is 4.79 Å². The first-order valence-electron chi connectivity index (χ1n) is 10.1. The second-order valence-corrected chi connectivity index (χ2v) is 12.4. The summed E-state index contributed by atoms with van der Waals surface area (Å²) in [6, 6.07) is 16.4. The van der Waals surface area contributed by atoms with E-state index in [1.807, 2.05) is 24.3 Å². The van der Waals surface area contributed by atoms with Gasteiger partial charge in [0.05, 0.1) is 0 Å². The van der Waals surface area contributed by atoms with Gasteiger partial charge in [-0.2, -0.15) is 0 Å². The summed E-state index contributed by atoms with van der Waals surface area (Å²) in [5.41, 5.74) is 3.66. The molecule has 0 N–H and O–H groups in total. The highest BCUT2D eigenvalue weighted by Gasteiger charge is 2.30. The van der Waals surface area contributed by atoms with E-state index in [0.29, 0.717) is 5.92 Å². The fraction of sp³-hybridized carbons (Fsp3) is 0.423. The van der Waals surface area contributed by atoms with Crippen molar-refractivity contribution in [3.05, 3.63) is 76.0 Å². The highest BCUT2D eigenvalue weighted by atomic mass is 32.2. The Balaban J connectivity index is 2.09. The molecule has 0 saturated heterocycles. The molecule has 2 aromatic carbocycles. The minimum atomic E-state index is 0.0470. The van der Waals surface area contributed by atoms with Crippen LogP contribution in [0.1, 0.15) is 75.4 Å². The Kier molecular flexibility index (Phi) is 7.86.